The quantitative estimate of drug-likeness (QED) is 0.893. The van der Waals surface area contributed by atoms with Gasteiger partial charge in [0.1, 0.15) is 0 Å². The third-order valence-electron chi connectivity index (χ3n) is 2.54. The normalized spacial score (nSPS) is 12.1. The summed E-state index contributed by atoms with van der Waals surface area (Å²) in [4.78, 5) is 22.8. The zero-order valence-electron chi connectivity index (χ0n) is 11.8. The minimum Gasteiger partial charge on any atom is -0.478 e. The number of alkyl halides is 3. The summed E-state index contributed by atoms with van der Waals surface area (Å²) in [6.07, 6.45) is -4.55. The highest BCUT2D eigenvalue weighted by Crippen LogP contribution is 2.32. The summed E-state index contributed by atoms with van der Waals surface area (Å²) in [6, 6.07) is 2.13. The van der Waals surface area contributed by atoms with Crippen LogP contribution in [0, 0.1) is 5.41 Å². The second kappa shape index (κ2) is 5.75. The lowest BCUT2D eigenvalue weighted by atomic mass is 9.92. The Kier molecular flexibility index (Phi) is 4.65. The van der Waals surface area contributed by atoms with Crippen molar-refractivity contribution < 1.29 is 27.9 Å². The Hall–Kier alpha value is -2.05. The molecule has 0 aliphatic carbocycles. The van der Waals surface area contributed by atoms with E-state index < -0.39 is 23.6 Å². The van der Waals surface area contributed by atoms with Gasteiger partial charge in [-0.1, -0.05) is 20.8 Å². The summed E-state index contributed by atoms with van der Waals surface area (Å²) < 4.78 is 37.9. The zero-order valence-corrected chi connectivity index (χ0v) is 11.8. The molecule has 0 heterocycles. The van der Waals surface area contributed by atoms with Crippen LogP contribution >= 0.6 is 0 Å². The fourth-order valence-electron chi connectivity index (χ4n) is 1.69. The molecule has 21 heavy (non-hydrogen) atoms. The second-order valence-corrected chi connectivity index (χ2v) is 5.85. The standard InChI is InChI=1S/C14H16F3NO3/c1-13(2,3)7-11(19)18-10-6-8(14(15,16)17)4-5-9(10)12(20)21/h4-6H,7H2,1-3H3,(H,18,19)(H,20,21). The molecule has 116 valence electrons. The number of carbonyl (C=O) groups is 2. The van der Waals surface area contributed by atoms with Crippen LogP contribution in [0.3, 0.4) is 0 Å². The molecule has 4 nitrogen and oxygen atoms in total. The third kappa shape index (κ3) is 5.09. The van der Waals surface area contributed by atoms with Gasteiger partial charge in [-0.05, 0) is 23.6 Å². The summed E-state index contributed by atoms with van der Waals surface area (Å²) in [5.74, 6) is -1.95. The summed E-state index contributed by atoms with van der Waals surface area (Å²) >= 11 is 0. The fourth-order valence-corrected chi connectivity index (χ4v) is 1.69. The van der Waals surface area contributed by atoms with Crippen molar-refractivity contribution in [1.29, 1.82) is 0 Å². The predicted octanol–water partition coefficient (Wildman–Crippen LogP) is 3.78. The number of amides is 1. The van der Waals surface area contributed by atoms with Crippen molar-refractivity contribution in [3.8, 4) is 0 Å². The second-order valence-electron chi connectivity index (χ2n) is 5.85. The molecular formula is C14H16F3NO3. The number of hydrogen-bond donors (Lipinski definition) is 2. The molecule has 0 unspecified atom stereocenters. The van der Waals surface area contributed by atoms with Crippen molar-refractivity contribution in [2.45, 2.75) is 33.4 Å². The maximum absolute atomic E-state index is 12.6. The number of hydrogen-bond acceptors (Lipinski definition) is 2. The monoisotopic (exact) mass is 303 g/mol. The first-order chi connectivity index (χ1) is 9.40. The van der Waals surface area contributed by atoms with Gasteiger partial charge in [-0.25, -0.2) is 4.79 Å². The van der Waals surface area contributed by atoms with Crippen molar-refractivity contribution in [2.75, 3.05) is 5.32 Å². The topological polar surface area (TPSA) is 66.4 Å². The van der Waals surface area contributed by atoms with Gasteiger partial charge in [0.25, 0.3) is 0 Å². The predicted molar refractivity (Wildman–Crippen MR) is 71.1 cm³/mol. The Balaban J connectivity index is 3.13. The highest BCUT2D eigenvalue weighted by molar-refractivity contribution is 6.00. The van der Waals surface area contributed by atoms with E-state index in [4.69, 9.17) is 5.11 Å². The van der Waals surface area contributed by atoms with E-state index in [9.17, 15) is 22.8 Å². The van der Waals surface area contributed by atoms with Gasteiger partial charge in [0.2, 0.25) is 5.91 Å². The molecule has 0 aliphatic heterocycles. The van der Waals surface area contributed by atoms with Crippen molar-refractivity contribution in [3.63, 3.8) is 0 Å². The van der Waals surface area contributed by atoms with E-state index >= 15 is 0 Å². The van der Waals surface area contributed by atoms with E-state index in [-0.39, 0.29) is 23.1 Å². The first kappa shape index (κ1) is 17.0. The third-order valence-corrected chi connectivity index (χ3v) is 2.54. The average Bonchev–Trinajstić information content (AvgIpc) is 2.24. The number of carbonyl (C=O) groups excluding carboxylic acids is 1. The number of carboxylic acids is 1. The van der Waals surface area contributed by atoms with E-state index in [2.05, 4.69) is 5.32 Å². The number of benzene rings is 1. The maximum Gasteiger partial charge on any atom is 0.416 e. The van der Waals surface area contributed by atoms with Gasteiger partial charge in [0.05, 0.1) is 16.8 Å². The van der Waals surface area contributed by atoms with Gasteiger partial charge in [0, 0.05) is 6.42 Å². The largest absolute Gasteiger partial charge is 0.478 e. The SMILES string of the molecule is CC(C)(C)CC(=O)Nc1cc(C(F)(F)F)ccc1C(=O)O. The molecule has 1 rings (SSSR count). The Morgan fingerprint density at radius 2 is 1.76 bits per heavy atom. The smallest absolute Gasteiger partial charge is 0.416 e. The summed E-state index contributed by atoms with van der Waals surface area (Å²) in [6.45, 7) is 5.37. The van der Waals surface area contributed by atoms with Crippen molar-refractivity contribution >= 4 is 17.6 Å². The minimum absolute atomic E-state index is 0.0578. The lowest BCUT2D eigenvalue weighted by molar-refractivity contribution is -0.137. The Morgan fingerprint density at radius 3 is 2.19 bits per heavy atom. The van der Waals surface area contributed by atoms with Crippen LogP contribution < -0.4 is 5.32 Å². The van der Waals surface area contributed by atoms with E-state index in [0.29, 0.717) is 12.1 Å². The van der Waals surface area contributed by atoms with Crippen LogP contribution in [0.5, 0.6) is 0 Å². The molecule has 0 atom stereocenters. The van der Waals surface area contributed by atoms with E-state index in [1.165, 1.54) is 0 Å². The molecule has 0 saturated heterocycles. The molecule has 2 N–H and O–H groups in total. The number of halogens is 3. The molecule has 0 fully saturated rings. The van der Waals surface area contributed by atoms with E-state index in [1.807, 2.05) is 0 Å². The van der Waals surface area contributed by atoms with Crippen LogP contribution in [0.15, 0.2) is 18.2 Å². The summed E-state index contributed by atoms with van der Waals surface area (Å²) in [5.41, 5.74) is -2.12. The van der Waals surface area contributed by atoms with Gasteiger partial charge >= 0.3 is 12.1 Å². The van der Waals surface area contributed by atoms with E-state index in [1.54, 1.807) is 20.8 Å². The van der Waals surface area contributed by atoms with Crippen LogP contribution in [-0.2, 0) is 11.0 Å². The Bertz CT molecular complexity index is 560. The molecule has 0 radical (unpaired) electrons. The highest BCUT2D eigenvalue weighted by Gasteiger charge is 2.32. The number of anilines is 1. The van der Waals surface area contributed by atoms with Crippen molar-refractivity contribution in [1.82, 2.24) is 0 Å². The van der Waals surface area contributed by atoms with Gasteiger partial charge in [0.15, 0.2) is 0 Å². The molecule has 0 aromatic heterocycles. The van der Waals surface area contributed by atoms with Gasteiger partial charge in [-0.2, -0.15) is 13.2 Å². The van der Waals surface area contributed by atoms with E-state index in [0.717, 1.165) is 6.07 Å². The van der Waals surface area contributed by atoms with Crippen LogP contribution in [0.4, 0.5) is 18.9 Å². The minimum atomic E-state index is -4.61. The first-order valence-corrected chi connectivity index (χ1v) is 6.14. The molecule has 1 aromatic rings. The summed E-state index contributed by atoms with van der Waals surface area (Å²) in [5, 5.41) is 11.2. The molecule has 0 aliphatic rings. The van der Waals surface area contributed by atoms with Crippen LogP contribution in [0.1, 0.15) is 43.1 Å². The number of aromatic carboxylic acids is 1. The number of carboxylic acid groups (broad SMARTS) is 1. The first-order valence-electron chi connectivity index (χ1n) is 6.14. The van der Waals surface area contributed by atoms with Gasteiger partial charge in [-0.15, -0.1) is 0 Å². The fraction of sp³-hybridized carbons (Fsp3) is 0.429. The Morgan fingerprint density at radius 1 is 1.19 bits per heavy atom. The molecule has 0 saturated carbocycles. The van der Waals surface area contributed by atoms with Crippen molar-refractivity contribution in [2.24, 2.45) is 5.41 Å². The lowest BCUT2D eigenvalue weighted by Crippen LogP contribution is -2.21. The van der Waals surface area contributed by atoms with Crippen LogP contribution in [-0.4, -0.2) is 17.0 Å². The molecule has 0 spiro atoms. The molecular weight excluding hydrogens is 287 g/mol. The van der Waals surface area contributed by atoms with Crippen LogP contribution in [0.25, 0.3) is 0 Å². The number of nitrogens with one attached hydrogen (secondary N) is 1. The van der Waals surface area contributed by atoms with Crippen LogP contribution in [0.2, 0.25) is 0 Å². The summed E-state index contributed by atoms with van der Waals surface area (Å²) in [7, 11) is 0. The molecule has 1 amide bonds. The Labute approximate surface area is 120 Å². The van der Waals surface area contributed by atoms with Gasteiger partial charge < -0.3 is 10.4 Å². The number of rotatable bonds is 3. The van der Waals surface area contributed by atoms with Gasteiger partial charge in [-0.3, -0.25) is 4.79 Å². The lowest BCUT2D eigenvalue weighted by Gasteiger charge is -2.18. The average molecular weight is 303 g/mol. The maximum atomic E-state index is 12.6. The highest BCUT2D eigenvalue weighted by atomic mass is 19.4. The van der Waals surface area contributed by atoms with Crippen molar-refractivity contribution in [3.05, 3.63) is 29.3 Å². The molecule has 0 bridgehead atoms. The molecule has 7 heteroatoms. The zero-order chi connectivity index (χ0) is 16.4. The molecule has 1 aromatic carbocycles.